The lowest BCUT2D eigenvalue weighted by atomic mass is 10.1. The minimum absolute atomic E-state index is 0.0764. The first kappa shape index (κ1) is 24.3. The molecule has 0 amide bonds. The standard InChI is InChI=1S/C21H38O8P2/c1-20(2)16-21(3,29-30(20,22)15-19-9-6-12-26-19)31(23,27-13-17-7-4-10-24-17)28-14-18-8-5-11-25-18/h17-19H,4-16H2,1-3H3. The van der Waals surface area contributed by atoms with Crippen LogP contribution in [0.15, 0.2) is 0 Å². The zero-order chi connectivity index (χ0) is 22.2. The molecule has 4 rings (SSSR count). The van der Waals surface area contributed by atoms with Crippen LogP contribution in [0.2, 0.25) is 0 Å². The van der Waals surface area contributed by atoms with Crippen molar-refractivity contribution in [2.75, 3.05) is 39.2 Å². The Kier molecular flexibility index (Phi) is 7.43. The summed E-state index contributed by atoms with van der Waals surface area (Å²) in [7, 11) is -6.94. The van der Waals surface area contributed by atoms with Crippen LogP contribution in [-0.2, 0) is 36.9 Å². The van der Waals surface area contributed by atoms with Gasteiger partial charge in [0.15, 0.2) is 5.34 Å². The first-order chi connectivity index (χ1) is 14.6. The molecule has 4 fully saturated rings. The van der Waals surface area contributed by atoms with E-state index in [0.29, 0.717) is 32.4 Å². The lowest BCUT2D eigenvalue weighted by Crippen LogP contribution is -2.31. The maximum absolute atomic E-state index is 14.2. The number of rotatable bonds is 9. The second kappa shape index (κ2) is 9.46. The van der Waals surface area contributed by atoms with Crippen LogP contribution in [0, 0.1) is 0 Å². The van der Waals surface area contributed by atoms with Gasteiger partial charge in [0.25, 0.3) is 0 Å². The summed E-state index contributed by atoms with van der Waals surface area (Å²) in [5.74, 6) is 0. The Morgan fingerprint density at radius 1 is 0.871 bits per heavy atom. The Hall–Kier alpha value is 0.220. The number of ether oxygens (including phenoxy) is 3. The third-order valence-corrected chi connectivity index (χ3v) is 13.1. The van der Waals surface area contributed by atoms with E-state index < -0.39 is 25.5 Å². The van der Waals surface area contributed by atoms with Gasteiger partial charge in [0.05, 0.1) is 37.7 Å². The molecule has 4 heterocycles. The first-order valence-electron chi connectivity index (χ1n) is 11.7. The number of hydrogen-bond acceptors (Lipinski definition) is 8. The highest BCUT2D eigenvalue weighted by Crippen LogP contribution is 2.79. The second-order valence-corrected chi connectivity index (χ2v) is 15.7. The molecular formula is C21H38O8P2. The van der Waals surface area contributed by atoms with Crippen LogP contribution >= 0.6 is 15.0 Å². The van der Waals surface area contributed by atoms with Gasteiger partial charge in [-0.25, -0.2) is 0 Å². The molecule has 0 bridgehead atoms. The SMILES string of the molecule is CC1(C)CC(C)(P(=O)(OCC2CCCO2)OCC2CCCO2)OP1(=O)CC1CCCO1. The monoisotopic (exact) mass is 480 g/mol. The third kappa shape index (κ3) is 5.17. The van der Waals surface area contributed by atoms with Crippen LogP contribution < -0.4 is 0 Å². The smallest absolute Gasteiger partial charge is 0.362 e. The van der Waals surface area contributed by atoms with Gasteiger partial charge in [-0.15, -0.1) is 0 Å². The zero-order valence-electron chi connectivity index (χ0n) is 19.1. The molecule has 5 unspecified atom stereocenters. The molecule has 4 saturated heterocycles. The Morgan fingerprint density at radius 3 is 1.81 bits per heavy atom. The Morgan fingerprint density at radius 2 is 1.35 bits per heavy atom. The quantitative estimate of drug-likeness (QED) is 0.429. The molecule has 0 aromatic carbocycles. The first-order valence-corrected chi connectivity index (χ1v) is 15.0. The van der Waals surface area contributed by atoms with E-state index in [1.807, 2.05) is 13.8 Å². The summed E-state index contributed by atoms with van der Waals surface area (Å²) in [6, 6.07) is 0. The maximum Gasteiger partial charge on any atom is 0.362 e. The minimum Gasteiger partial charge on any atom is -0.378 e. The molecule has 5 atom stereocenters. The number of hydrogen-bond donors (Lipinski definition) is 0. The van der Waals surface area contributed by atoms with Crippen molar-refractivity contribution in [3.05, 3.63) is 0 Å². The van der Waals surface area contributed by atoms with Crippen LogP contribution in [0.25, 0.3) is 0 Å². The van der Waals surface area contributed by atoms with E-state index in [9.17, 15) is 9.13 Å². The molecule has 0 saturated carbocycles. The van der Waals surface area contributed by atoms with Crippen LogP contribution in [0.5, 0.6) is 0 Å². The summed E-state index contributed by atoms with van der Waals surface area (Å²) in [5, 5.41) is -1.94. The molecule has 10 heteroatoms. The van der Waals surface area contributed by atoms with Gasteiger partial charge in [0, 0.05) is 31.4 Å². The largest absolute Gasteiger partial charge is 0.378 e. The summed E-state index contributed by atoms with van der Waals surface area (Å²) in [5.41, 5.74) is 0. The minimum atomic E-state index is -3.78. The predicted octanol–water partition coefficient (Wildman–Crippen LogP) is 4.94. The molecule has 0 radical (unpaired) electrons. The molecule has 8 nitrogen and oxygen atoms in total. The highest BCUT2D eigenvalue weighted by Gasteiger charge is 2.65. The van der Waals surface area contributed by atoms with Gasteiger partial charge in [0.1, 0.15) is 0 Å². The fourth-order valence-electron chi connectivity index (χ4n) is 5.11. The molecule has 0 spiro atoms. The average molecular weight is 480 g/mol. The van der Waals surface area contributed by atoms with Crippen LogP contribution in [0.3, 0.4) is 0 Å². The van der Waals surface area contributed by atoms with Crippen LogP contribution in [0.4, 0.5) is 0 Å². The molecule has 31 heavy (non-hydrogen) atoms. The fourth-order valence-corrected chi connectivity index (χ4v) is 10.8. The van der Waals surface area contributed by atoms with Gasteiger partial charge in [-0.1, -0.05) is 13.8 Å². The second-order valence-electron chi connectivity index (χ2n) is 10.1. The summed E-state index contributed by atoms with van der Waals surface area (Å²) < 4.78 is 63.6. The van der Waals surface area contributed by atoms with Crippen LogP contribution in [0.1, 0.15) is 65.7 Å². The van der Waals surface area contributed by atoms with Crippen LogP contribution in [-0.4, -0.2) is 68.0 Å². The van der Waals surface area contributed by atoms with Crippen molar-refractivity contribution in [1.29, 1.82) is 0 Å². The predicted molar refractivity (Wildman–Crippen MR) is 117 cm³/mol. The van der Waals surface area contributed by atoms with E-state index in [4.69, 9.17) is 27.8 Å². The molecule has 180 valence electrons. The van der Waals surface area contributed by atoms with Crippen molar-refractivity contribution in [2.45, 2.75) is 94.5 Å². The Labute approximate surface area is 186 Å². The highest BCUT2D eigenvalue weighted by atomic mass is 31.2. The summed E-state index contributed by atoms with van der Waals surface area (Å²) in [6.07, 6.45) is 5.90. The van der Waals surface area contributed by atoms with E-state index in [0.717, 1.165) is 38.5 Å². The molecule has 4 aliphatic rings. The van der Waals surface area contributed by atoms with E-state index >= 15 is 0 Å². The summed E-state index contributed by atoms with van der Waals surface area (Å²) >= 11 is 0. The van der Waals surface area contributed by atoms with Crippen molar-refractivity contribution in [3.63, 3.8) is 0 Å². The molecule has 0 N–H and O–H groups in total. The van der Waals surface area contributed by atoms with E-state index in [-0.39, 0.29) is 31.5 Å². The Bertz CT molecular complexity index is 686. The van der Waals surface area contributed by atoms with E-state index in [1.165, 1.54) is 0 Å². The van der Waals surface area contributed by atoms with Crippen molar-refractivity contribution in [3.8, 4) is 0 Å². The van der Waals surface area contributed by atoms with Gasteiger partial charge in [-0.3, -0.25) is 9.13 Å². The van der Waals surface area contributed by atoms with Gasteiger partial charge in [-0.05, 0) is 45.4 Å². The van der Waals surface area contributed by atoms with Crippen molar-refractivity contribution in [1.82, 2.24) is 0 Å². The molecule has 0 aliphatic carbocycles. The van der Waals surface area contributed by atoms with Crippen molar-refractivity contribution in [2.24, 2.45) is 0 Å². The molecule has 0 aromatic rings. The molecule has 0 aromatic heterocycles. The lowest BCUT2D eigenvalue weighted by molar-refractivity contribution is 0.0249. The van der Waals surface area contributed by atoms with Crippen molar-refractivity contribution >= 4 is 15.0 Å². The summed E-state index contributed by atoms with van der Waals surface area (Å²) in [6.45, 7) is 8.01. The van der Waals surface area contributed by atoms with E-state index in [1.54, 1.807) is 6.92 Å². The van der Waals surface area contributed by atoms with Gasteiger partial charge >= 0.3 is 7.60 Å². The molecular weight excluding hydrogens is 442 g/mol. The third-order valence-electron chi connectivity index (χ3n) is 6.98. The Balaban J connectivity index is 1.52. The zero-order valence-corrected chi connectivity index (χ0v) is 20.9. The topological polar surface area (TPSA) is 89.5 Å². The van der Waals surface area contributed by atoms with Gasteiger partial charge < -0.3 is 27.8 Å². The van der Waals surface area contributed by atoms with Gasteiger partial charge in [-0.2, -0.15) is 0 Å². The fraction of sp³-hybridized carbons (Fsp3) is 1.00. The average Bonchev–Trinajstić information content (AvgIpc) is 3.48. The van der Waals surface area contributed by atoms with E-state index in [2.05, 4.69) is 0 Å². The van der Waals surface area contributed by atoms with Crippen molar-refractivity contribution < 1.29 is 36.9 Å². The normalized spacial score (nSPS) is 42.2. The maximum atomic E-state index is 14.2. The van der Waals surface area contributed by atoms with Gasteiger partial charge in [0.2, 0.25) is 7.37 Å². The summed E-state index contributed by atoms with van der Waals surface area (Å²) in [4.78, 5) is 0. The molecule has 4 aliphatic heterocycles. The highest BCUT2D eigenvalue weighted by molar-refractivity contribution is 7.63. The lowest BCUT2D eigenvalue weighted by Gasteiger charge is -2.33.